The smallest absolute Gasteiger partial charge is 0.119 e. The lowest BCUT2D eigenvalue weighted by molar-refractivity contribution is 0.185. The van der Waals surface area contributed by atoms with Gasteiger partial charge < -0.3 is 9.84 Å². The molecular formula is C13H20O2S. The zero-order valence-electron chi connectivity index (χ0n) is 9.98. The van der Waals surface area contributed by atoms with Crippen LogP contribution in [0.1, 0.15) is 18.9 Å². The molecule has 1 aromatic carbocycles. The number of thioether (sulfide) groups is 1. The van der Waals surface area contributed by atoms with Crippen molar-refractivity contribution in [1.29, 1.82) is 0 Å². The van der Waals surface area contributed by atoms with E-state index in [4.69, 9.17) is 4.74 Å². The van der Waals surface area contributed by atoms with E-state index in [0.717, 1.165) is 31.0 Å². The van der Waals surface area contributed by atoms with E-state index in [2.05, 4.69) is 18.4 Å². The lowest BCUT2D eigenvalue weighted by Crippen LogP contribution is -2.02. The molecule has 0 radical (unpaired) electrons. The summed E-state index contributed by atoms with van der Waals surface area (Å²) in [7, 11) is 0. The van der Waals surface area contributed by atoms with E-state index >= 15 is 0 Å². The molecule has 0 bridgehead atoms. The quantitative estimate of drug-likeness (QED) is 0.743. The maximum atomic E-state index is 9.18. The first-order chi connectivity index (χ1) is 7.72. The molecule has 0 heterocycles. The third-order valence-corrected chi connectivity index (χ3v) is 2.91. The number of aliphatic hydroxyl groups excluding tert-OH is 1. The Kier molecular flexibility index (Phi) is 6.34. The summed E-state index contributed by atoms with van der Waals surface area (Å²) in [5.74, 6) is 1.94. The van der Waals surface area contributed by atoms with Gasteiger partial charge in [-0.15, -0.1) is 0 Å². The molecule has 16 heavy (non-hydrogen) atoms. The molecule has 1 atom stereocenters. The average Bonchev–Trinajstić information content (AvgIpc) is 2.28. The highest BCUT2D eigenvalue weighted by molar-refractivity contribution is 7.98. The Labute approximate surface area is 102 Å². The minimum Gasteiger partial charge on any atom is -0.493 e. The zero-order valence-corrected chi connectivity index (χ0v) is 10.8. The van der Waals surface area contributed by atoms with Gasteiger partial charge in [0.2, 0.25) is 0 Å². The van der Waals surface area contributed by atoms with E-state index in [0.29, 0.717) is 0 Å². The predicted octanol–water partition coefficient (Wildman–Crippen LogP) is 2.74. The number of ether oxygens (including phenoxy) is 1. The van der Waals surface area contributed by atoms with E-state index in [9.17, 15) is 5.11 Å². The normalized spacial score (nSPS) is 12.4. The average molecular weight is 240 g/mol. The predicted molar refractivity (Wildman–Crippen MR) is 70.3 cm³/mol. The van der Waals surface area contributed by atoms with Gasteiger partial charge in [0.1, 0.15) is 5.75 Å². The fourth-order valence-corrected chi connectivity index (χ4v) is 1.62. The van der Waals surface area contributed by atoms with Crippen molar-refractivity contribution in [3.63, 3.8) is 0 Å². The van der Waals surface area contributed by atoms with Gasteiger partial charge >= 0.3 is 0 Å². The second-order valence-corrected chi connectivity index (χ2v) is 4.86. The van der Waals surface area contributed by atoms with Crippen LogP contribution < -0.4 is 4.74 Å². The molecule has 0 saturated carbocycles. The highest BCUT2D eigenvalue weighted by Gasteiger charge is 1.99. The number of benzene rings is 1. The van der Waals surface area contributed by atoms with Gasteiger partial charge in [-0.25, -0.2) is 0 Å². The van der Waals surface area contributed by atoms with Crippen LogP contribution in [0.25, 0.3) is 0 Å². The maximum Gasteiger partial charge on any atom is 0.119 e. The van der Waals surface area contributed by atoms with Crippen molar-refractivity contribution in [2.75, 3.05) is 18.6 Å². The molecule has 0 fully saturated rings. The fourth-order valence-electron chi connectivity index (χ4n) is 1.37. The van der Waals surface area contributed by atoms with Crippen molar-refractivity contribution in [1.82, 2.24) is 0 Å². The van der Waals surface area contributed by atoms with Gasteiger partial charge in [0.15, 0.2) is 0 Å². The minimum atomic E-state index is -0.225. The van der Waals surface area contributed by atoms with Gasteiger partial charge in [-0.05, 0) is 43.7 Å². The topological polar surface area (TPSA) is 29.5 Å². The first kappa shape index (κ1) is 13.4. The zero-order chi connectivity index (χ0) is 11.8. The lowest BCUT2D eigenvalue weighted by atomic mass is 10.1. The van der Waals surface area contributed by atoms with Crippen LogP contribution >= 0.6 is 11.8 Å². The van der Waals surface area contributed by atoms with Gasteiger partial charge in [-0.2, -0.15) is 11.8 Å². The molecule has 0 amide bonds. The Balaban J connectivity index is 2.35. The van der Waals surface area contributed by atoms with Crippen molar-refractivity contribution < 1.29 is 9.84 Å². The van der Waals surface area contributed by atoms with Crippen LogP contribution in [0, 0.1) is 0 Å². The Morgan fingerprint density at radius 1 is 1.31 bits per heavy atom. The van der Waals surface area contributed by atoms with Crippen LogP contribution in [0.3, 0.4) is 0 Å². The molecule has 0 aromatic heterocycles. The maximum absolute atomic E-state index is 9.18. The molecular weight excluding hydrogens is 220 g/mol. The molecule has 0 aliphatic heterocycles. The van der Waals surface area contributed by atoms with Crippen molar-refractivity contribution in [2.24, 2.45) is 0 Å². The van der Waals surface area contributed by atoms with Crippen molar-refractivity contribution in [2.45, 2.75) is 25.9 Å². The molecule has 0 aliphatic rings. The molecule has 1 aromatic rings. The van der Waals surface area contributed by atoms with E-state index in [-0.39, 0.29) is 6.10 Å². The Morgan fingerprint density at radius 3 is 2.56 bits per heavy atom. The van der Waals surface area contributed by atoms with Gasteiger partial charge in [-0.1, -0.05) is 12.1 Å². The van der Waals surface area contributed by atoms with Gasteiger partial charge in [-0.3, -0.25) is 0 Å². The van der Waals surface area contributed by atoms with Crippen LogP contribution in [0.5, 0.6) is 5.75 Å². The van der Waals surface area contributed by atoms with Crippen LogP contribution in [-0.4, -0.2) is 29.8 Å². The molecule has 1 unspecified atom stereocenters. The molecule has 1 rings (SSSR count). The SMILES string of the molecule is CSCCOc1ccc(CCC(C)O)cc1. The molecule has 0 saturated heterocycles. The number of aliphatic hydroxyl groups is 1. The fraction of sp³-hybridized carbons (Fsp3) is 0.538. The van der Waals surface area contributed by atoms with E-state index in [1.165, 1.54) is 5.56 Å². The molecule has 3 heteroatoms. The summed E-state index contributed by atoms with van der Waals surface area (Å²) >= 11 is 1.78. The summed E-state index contributed by atoms with van der Waals surface area (Å²) in [6, 6.07) is 8.13. The van der Waals surface area contributed by atoms with Crippen molar-refractivity contribution in [3.8, 4) is 5.75 Å². The molecule has 0 spiro atoms. The first-order valence-corrected chi connectivity index (χ1v) is 7.00. The minimum absolute atomic E-state index is 0.225. The Hall–Kier alpha value is -0.670. The van der Waals surface area contributed by atoms with Crippen molar-refractivity contribution >= 4 is 11.8 Å². The number of hydrogen-bond donors (Lipinski definition) is 1. The Morgan fingerprint density at radius 2 is 2.00 bits per heavy atom. The third kappa shape index (κ3) is 5.42. The van der Waals surface area contributed by atoms with Gasteiger partial charge in [0.05, 0.1) is 12.7 Å². The van der Waals surface area contributed by atoms with Crippen molar-refractivity contribution in [3.05, 3.63) is 29.8 Å². The van der Waals surface area contributed by atoms with E-state index < -0.39 is 0 Å². The Bertz CT molecular complexity index is 282. The molecule has 2 nitrogen and oxygen atoms in total. The van der Waals surface area contributed by atoms with Gasteiger partial charge in [0.25, 0.3) is 0 Å². The van der Waals surface area contributed by atoms with E-state index in [1.807, 2.05) is 19.1 Å². The molecule has 90 valence electrons. The largest absolute Gasteiger partial charge is 0.493 e. The monoisotopic (exact) mass is 240 g/mol. The van der Waals surface area contributed by atoms with Crippen LogP contribution in [0.15, 0.2) is 24.3 Å². The number of aryl methyl sites for hydroxylation is 1. The van der Waals surface area contributed by atoms with Crippen LogP contribution in [0.4, 0.5) is 0 Å². The second-order valence-electron chi connectivity index (χ2n) is 3.87. The summed E-state index contributed by atoms with van der Waals surface area (Å²) in [5.41, 5.74) is 1.25. The summed E-state index contributed by atoms with van der Waals surface area (Å²) < 4.78 is 5.56. The summed E-state index contributed by atoms with van der Waals surface area (Å²) in [4.78, 5) is 0. The van der Waals surface area contributed by atoms with Crippen LogP contribution in [0.2, 0.25) is 0 Å². The standard InChI is InChI=1S/C13H20O2S/c1-11(14)3-4-12-5-7-13(8-6-12)15-9-10-16-2/h5-8,11,14H,3-4,9-10H2,1-2H3. The van der Waals surface area contributed by atoms with Gasteiger partial charge in [0, 0.05) is 5.75 Å². The first-order valence-electron chi connectivity index (χ1n) is 5.61. The highest BCUT2D eigenvalue weighted by Crippen LogP contribution is 2.14. The highest BCUT2D eigenvalue weighted by atomic mass is 32.2. The molecule has 1 N–H and O–H groups in total. The third-order valence-electron chi connectivity index (χ3n) is 2.33. The summed E-state index contributed by atoms with van der Waals surface area (Å²) in [6.07, 6.45) is 3.58. The summed E-state index contributed by atoms with van der Waals surface area (Å²) in [5, 5.41) is 9.18. The lowest BCUT2D eigenvalue weighted by Gasteiger charge is -2.07. The van der Waals surface area contributed by atoms with E-state index in [1.54, 1.807) is 11.8 Å². The second kappa shape index (κ2) is 7.58. The summed E-state index contributed by atoms with van der Waals surface area (Å²) in [6.45, 7) is 2.58. The number of hydrogen-bond acceptors (Lipinski definition) is 3. The van der Waals surface area contributed by atoms with Crippen LogP contribution in [-0.2, 0) is 6.42 Å². The number of rotatable bonds is 7. The molecule has 0 aliphatic carbocycles.